The highest BCUT2D eigenvalue weighted by Crippen LogP contribution is 2.29. The van der Waals surface area contributed by atoms with Crippen molar-refractivity contribution >= 4 is 27.9 Å². The van der Waals surface area contributed by atoms with Gasteiger partial charge in [-0.3, -0.25) is 4.79 Å². The van der Waals surface area contributed by atoms with Crippen LogP contribution < -0.4 is 15.7 Å². The number of hydrogen-bond acceptors (Lipinski definition) is 5. The van der Waals surface area contributed by atoms with E-state index in [1.54, 1.807) is 13.2 Å². The van der Waals surface area contributed by atoms with Crippen LogP contribution in [0.25, 0.3) is 22.0 Å². The molecule has 0 aliphatic heterocycles. The quantitative estimate of drug-likeness (QED) is 0.423. The average molecular weight is 448 g/mol. The first kappa shape index (κ1) is 22.6. The van der Waals surface area contributed by atoms with E-state index < -0.39 is 5.63 Å². The summed E-state index contributed by atoms with van der Waals surface area (Å²) in [6.45, 7) is 6.02. The van der Waals surface area contributed by atoms with Gasteiger partial charge < -0.3 is 19.0 Å². The van der Waals surface area contributed by atoms with Crippen molar-refractivity contribution in [3.8, 4) is 5.75 Å². The molecule has 0 fully saturated rings. The number of benzene rings is 2. The van der Waals surface area contributed by atoms with Crippen LogP contribution in [0.2, 0.25) is 0 Å². The van der Waals surface area contributed by atoms with Gasteiger partial charge in [0, 0.05) is 31.0 Å². The molecule has 0 radical (unpaired) electrons. The van der Waals surface area contributed by atoms with E-state index in [1.807, 2.05) is 48.9 Å². The number of carbonyl (C=O) groups is 1. The fourth-order valence-electron chi connectivity index (χ4n) is 4.24. The van der Waals surface area contributed by atoms with Crippen LogP contribution in [0, 0.1) is 12.8 Å². The molecule has 2 heterocycles. The third-order valence-corrected chi connectivity index (χ3v) is 6.06. The van der Waals surface area contributed by atoms with E-state index in [0.29, 0.717) is 24.2 Å². The third kappa shape index (κ3) is 4.49. The summed E-state index contributed by atoms with van der Waals surface area (Å²) >= 11 is 0. The molecule has 7 nitrogen and oxygen atoms in total. The van der Waals surface area contributed by atoms with Crippen LogP contribution in [-0.4, -0.2) is 22.6 Å². The molecular formula is C26H29N3O4. The number of nitrogens with one attached hydrogen (secondary N) is 1. The van der Waals surface area contributed by atoms with E-state index in [4.69, 9.17) is 14.1 Å². The number of methoxy groups -OCH3 is 1. The molecule has 4 rings (SSSR count). The number of hydrogen-bond donors (Lipinski definition) is 1. The molecule has 1 unspecified atom stereocenters. The minimum atomic E-state index is -0.393. The summed E-state index contributed by atoms with van der Waals surface area (Å²) in [5, 5.41) is 4.01. The number of rotatable bonds is 7. The number of amides is 1. The average Bonchev–Trinajstić information content (AvgIpc) is 3.11. The molecule has 2 aromatic heterocycles. The molecule has 0 aliphatic rings. The lowest BCUT2D eigenvalue weighted by atomic mass is 10.0. The van der Waals surface area contributed by atoms with E-state index in [-0.39, 0.29) is 17.9 Å². The maximum absolute atomic E-state index is 13.0. The number of aryl methyl sites for hydroxylation is 3. The second-order valence-electron chi connectivity index (χ2n) is 8.72. The van der Waals surface area contributed by atoms with Crippen molar-refractivity contribution in [1.29, 1.82) is 0 Å². The van der Waals surface area contributed by atoms with E-state index in [9.17, 15) is 9.59 Å². The molecule has 0 saturated carbocycles. The molecule has 0 spiro atoms. The predicted octanol–water partition coefficient (Wildman–Crippen LogP) is 4.44. The Morgan fingerprint density at radius 2 is 1.97 bits per heavy atom. The van der Waals surface area contributed by atoms with Crippen molar-refractivity contribution in [2.75, 3.05) is 7.11 Å². The molecule has 172 valence electrons. The van der Waals surface area contributed by atoms with Gasteiger partial charge in [-0.15, -0.1) is 0 Å². The van der Waals surface area contributed by atoms with Crippen LogP contribution in [0.5, 0.6) is 5.75 Å². The maximum atomic E-state index is 13.0. The highest BCUT2D eigenvalue weighted by atomic mass is 16.5. The van der Waals surface area contributed by atoms with E-state index in [1.165, 1.54) is 6.07 Å². The molecule has 1 N–H and O–H groups in total. The molecule has 2 aromatic carbocycles. The second kappa shape index (κ2) is 9.10. The summed E-state index contributed by atoms with van der Waals surface area (Å²) in [5.74, 6) is 1.55. The highest BCUT2D eigenvalue weighted by Gasteiger charge is 2.24. The number of para-hydroxylation sites is 2. The van der Waals surface area contributed by atoms with Crippen LogP contribution in [0.1, 0.15) is 43.3 Å². The van der Waals surface area contributed by atoms with Gasteiger partial charge in [-0.25, -0.2) is 9.78 Å². The Kier molecular flexibility index (Phi) is 6.22. The lowest BCUT2D eigenvalue weighted by molar-refractivity contribution is -0.122. The summed E-state index contributed by atoms with van der Waals surface area (Å²) in [6.07, 6.45) is 0.793. The number of fused-ring (bicyclic) bond motifs is 2. The van der Waals surface area contributed by atoms with Gasteiger partial charge in [0.15, 0.2) is 0 Å². The Balaban J connectivity index is 1.55. The fraction of sp³-hybridized carbons (Fsp3) is 0.346. The molecule has 0 bridgehead atoms. The minimum Gasteiger partial charge on any atom is -0.496 e. The molecule has 0 saturated heterocycles. The van der Waals surface area contributed by atoms with Gasteiger partial charge >= 0.3 is 5.63 Å². The van der Waals surface area contributed by atoms with E-state index >= 15 is 0 Å². The Hall–Kier alpha value is -3.61. The molecule has 33 heavy (non-hydrogen) atoms. The summed E-state index contributed by atoms with van der Waals surface area (Å²) in [4.78, 5) is 29.4. The van der Waals surface area contributed by atoms with Gasteiger partial charge in [0.2, 0.25) is 5.91 Å². The summed E-state index contributed by atoms with van der Waals surface area (Å²) in [5.41, 5.74) is 3.76. The number of nitrogens with zero attached hydrogens (tertiary/aromatic N) is 2. The first-order valence-corrected chi connectivity index (χ1v) is 11.1. The van der Waals surface area contributed by atoms with Crippen molar-refractivity contribution in [3.05, 3.63) is 69.8 Å². The zero-order valence-corrected chi connectivity index (χ0v) is 19.6. The van der Waals surface area contributed by atoms with Crippen LogP contribution in [-0.2, 0) is 18.3 Å². The Bertz CT molecular complexity index is 1380. The van der Waals surface area contributed by atoms with Crippen LogP contribution in [0.4, 0.5) is 0 Å². The second-order valence-corrected chi connectivity index (χ2v) is 8.72. The SMILES string of the molecule is COc1cc2oc(=O)cc(C)c2cc1CCC(=O)NC(c1nc2ccccc2n1C)C(C)C. The molecule has 0 aliphatic carbocycles. The zero-order chi connectivity index (χ0) is 23.7. The van der Waals surface area contributed by atoms with Gasteiger partial charge in [-0.05, 0) is 48.6 Å². The van der Waals surface area contributed by atoms with E-state index in [2.05, 4.69) is 19.2 Å². The highest BCUT2D eigenvalue weighted by molar-refractivity contribution is 5.83. The van der Waals surface area contributed by atoms with Crippen molar-refractivity contribution in [2.24, 2.45) is 13.0 Å². The van der Waals surface area contributed by atoms with Crippen LogP contribution in [0.15, 0.2) is 51.7 Å². The van der Waals surface area contributed by atoms with Crippen molar-refractivity contribution in [3.63, 3.8) is 0 Å². The smallest absolute Gasteiger partial charge is 0.336 e. The summed E-state index contributed by atoms with van der Waals surface area (Å²) < 4.78 is 12.8. The first-order chi connectivity index (χ1) is 15.8. The summed E-state index contributed by atoms with van der Waals surface area (Å²) in [6, 6.07) is 12.9. The molecule has 7 heteroatoms. The van der Waals surface area contributed by atoms with Crippen molar-refractivity contribution in [2.45, 2.75) is 39.7 Å². The third-order valence-electron chi connectivity index (χ3n) is 6.06. The number of imidazole rings is 1. The Morgan fingerprint density at radius 1 is 1.21 bits per heavy atom. The normalized spacial score (nSPS) is 12.4. The lowest BCUT2D eigenvalue weighted by Gasteiger charge is -2.22. The standard InChI is InChI=1S/C26H29N3O4/c1-15(2)25(26-27-19-8-6-7-9-20(19)29(26)4)28-23(30)11-10-17-13-18-16(3)12-24(31)33-22(18)14-21(17)32-5/h6-9,12-15,25H,10-11H2,1-5H3,(H,28,30). The van der Waals surface area contributed by atoms with Crippen LogP contribution in [0.3, 0.4) is 0 Å². The minimum absolute atomic E-state index is 0.0563. The Labute approximate surface area is 192 Å². The van der Waals surface area contributed by atoms with Gasteiger partial charge in [-0.2, -0.15) is 0 Å². The van der Waals surface area contributed by atoms with E-state index in [0.717, 1.165) is 33.4 Å². The monoisotopic (exact) mass is 447 g/mol. The van der Waals surface area contributed by atoms with Crippen molar-refractivity contribution < 1.29 is 13.9 Å². The topological polar surface area (TPSA) is 86.4 Å². The predicted molar refractivity (Wildman–Crippen MR) is 129 cm³/mol. The molecular weight excluding hydrogens is 418 g/mol. The van der Waals surface area contributed by atoms with Gasteiger partial charge in [0.1, 0.15) is 17.2 Å². The van der Waals surface area contributed by atoms with Gasteiger partial charge in [0.25, 0.3) is 0 Å². The maximum Gasteiger partial charge on any atom is 0.336 e. The van der Waals surface area contributed by atoms with Crippen LogP contribution >= 0.6 is 0 Å². The number of ether oxygens (including phenoxy) is 1. The number of carbonyl (C=O) groups excluding carboxylic acids is 1. The van der Waals surface area contributed by atoms with Crippen molar-refractivity contribution in [1.82, 2.24) is 14.9 Å². The first-order valence-electron chi connectivity index (χ1n) is 11.1. The fourth-order valence-corrected chi connectivity index (χ4v) is 4.24. The number of aromatic nitrogens is 2. The zero-order valence-electron chi connectivity index (χ0n) is 19.6. The lowest BCUT2D eigenvalue weighted by Crippen LogP contribution is -2.33. The summed E-state index contributed by atoms with van der Waals surface area (Å²) in [7, 11) is 3.55. The molecule has 4 aromatic rings. The molecule has 1 amide bonds. The largest absolute Gasteiger partial charge is 0.496 e. The Morgan fingerprint density at radius 3 is 2.67 bits per heavy atom. The van der Waals surface area contributed by atoms with Gasteiger partial charge in [0.05, 0.1) is 24.2 Å². The van der Waals surface area contributed by atoms with Gasteiger partial charge in [-0.1, -0.05) is 26.0 Å². The molecule has 1 atom stereocenters.